The number of anilines is 1. The van der Waals surface area contributed by atoms with Crippen LogP contribution in [0.25, 0.3) is 0 Å². The minimum absolute atomic E-state index is 0.0590. The second kappa shape index (κ2) is 9.10. The molecule has 2 aromatic carbocycles. The Morgan fingerprint density at radius 2 is 1.62 bits per heavy atom. The van der Waals surface area contributed by atoms with Crippen molar-refractivity contribution in [3.63, 3.8) is 0 Å². The topological polar surface area (TPSA) is 70.2 Å². The van der Waals surface area contributed by atoms with E-state index >= 15 is 0 Å². The van der Waals surface area contributed by atoms with Crippen molar-refractivity contribution >= 4 is 34.7 Å². The maximum absolute atomic E-state index is 12.1. The van der Waals surface area contributed by atoms with E-state index in [1.807, 2.05) is 51.1 Å². The van der Waals surface area contributed by atoms with Crippen molar-refractivity contribution < 1.29 is 9.59 Å². The summed E-state index contributed by atoms with van der Waals surface area (Å²) in [5.41, 5.74) is 9.99. The van der Waals surface area contributed by atoms with Gasteiger partial charge in [-0.2, -0.15) is 0 Å². The van der Waals surface area contributed by atoms with Crippen molar-refractivity contribution in [2.75, 3.05) is 5.32 Å². The van der Waals surface area contributed by atoms with E-state index in [2.05, 4.69) is 16.2 Å². The zero-order valence-corrected chi connectivity index (χ0v) is 16.0. The fourth-order valence-electron chi connectivity index (χ4n) is 2.34. The van der Waals surface area contributed by atoms with Gasteiger partial charge in [0.1, 0.15) is 0 Å². The molecule has 0 unspecified atom stereocenters. The van der Waals surface area contributed by atoms with Crippen LogP contribution in [0.2, 0.25) is 0 Å². The average molecular weight is 369 g/mol. The monoisotopic (exact) mass is 369 g/mol. The Morgan fingerprint density at radius 3 is 2.31 bits per heavy atom. The third kappa shape index (κ3) is 5.67. The fourth-order valence-corrected chi connectivity index (χ4v) is 2.50. The van der Waals surface area contributed by atoms with E-state index < -0.39 is 0 Å². The van der Waals surface area contributed by atoms with E-state index in [-0.39, 0.29) is 29.6 Å². The molecule has 0 radical (unpaired) electrons. The Hall–Kier alpha value is -2.73. The maximum Gasteiger partial charge on any atom is 0.238 e. The van der Waals surface area contributed by atoms with Crippen LogP contribution in [0, 0.1) is 20.8 Å². The van der Waals surface area contributed by atoms with Crippen LogP contribution in [0.5, 0.6) is 0 Å². The quantitative estimate of drug-likeness (QED) is 0.427. The molecule has 0 heterocycles. The molecule has 6 heteroatoms. The summed E-state index contributed by atoms with van der Waals surface area (Å²) in [5, 5.41) is 3.33. The van der Waals surface area contributed by atoms with Gasteiger partial charge in [0.25, 0.3) is 0 Å². The number of nitrogens with one attached hydrogen (secondary N) is 3. The molecule has 0 aliphatic heterocycles. The number of hydrogen-bond acceptors (Lipinski definition) is 3. The van der Waals surface area contributed by atoms with Gasteiger partial charge < -0.3 is 5.32 Å². The number of hydrogen-bond donors (Lipinski definition) is 3. The highest BCUT2D eigenvalue weighted by atomic mass is 32.1. The Labute approximate surface area is 159 Å². The Balaban J connectivity index is 1.76. The second-order valence-electron chi connectivity index (χ2n) is 6.16. The summed E-state index contributed by atoms with van der Waals surface area (Å²) in [6, 6.07) is 13.2. The van der Waals surface area contributed by atoms with Gasteiger partial charge in [0.2, 0.25) is 5.91 Å². The smallest absolute Gasteiger partial charge is 0.238 e. The summed E-state index contributed by atoms with van der Waals surface area (Å²) in [6.45, 7) is 5.97. The zero-order chi connectivity index (χ0) is 19.1. The molecule has 0 aliphatic carbocycles. The molecule has 5 nitrogen and oxygen atoms in total. The van der Waals surface area contributed by atoms with Gasteiger partial charge in [-0.3, -0.25) is 20.4 Å². The molecule has 0 fully saturated rings. The van der Waals surface area contributed by atoms with Crippen LogP contribution >= 0.6 is 12.2 Å². The van der Waals surface area contributed by atoms with Gasteiger partial charge >= 0.3 is 0 Å². The van der Waals surface area contributed by atoms with Gasteiger partial charge in [-0.15, -0.1) is 0 Å². The van der Waals surface area contributed by atoms with E-state index in [9.17, 15) is 9.59 Å². The van der Waals surface area contributed by atoms with E-state index in [4.69, 9.17) is 12.2 Å². The molecule has 3 N–H and O–H groups in total. The lowest BCUT2D eigenvalue weighted by Gasteiger charge is -2.14. The van der Waals surface area contributed by atoms with E-state index in [1.165, 1.54) is 0 Å². The summed E-state index contributed by atoms with van der Waals surface area (Å²) in [4.78, 5) is 24.0. The van der Waals surface area contributed by atoms with Gasteiger partial charge in [-0.1, -0.05) is 42.0 Å². The zero-order valence-electron chi connectivity index (χ0n) is 15.2. The molecule has 0 bridgehead atoms. The molecule has 136 valence electrons. The summed E-state index contributed by atoms with van der Waals surface area (Å²) in [6.07, 6.45) is 0.236. The first-order valence-corrected chi connectivity index (χ1v) is 8.79. The Kier molecular flexibility index (Phi) is 6.86. The van der Waals surface area contributed by atoms with Crippen LogP contribution in [0.15, 0.2) is 42.5 Å². The summed E-state index contributed by atoms with van der Waals surface area (Å²) in [7, 11) is 0. The minimum atomic E-state index is -0.296. The van der Waals surface area contributed by atoms with E-state index in [0.29, 0.717) is 5.56 Å². The summed E-state index contributed by atoms with van der Waals surface area (Å²) >= 11 is 5.18. The highest BCUT2D eigenvalue weighted by molar-refractivity contribution is 7.80. The lowest BCUT2D eigenvalue weighted by Crippen LogP contribution is -2.43. The number of rotatable bonds is 5. The second-order valence-corrected chi connectivity index (χ2v) is 6.57. The maximum atomic E-state index is 12.1. The van der Waals surface area contributed by atoms with Gasteiger partial charge in [0, 0.05) is 24.1 Å². The number of amides is 1. The highest BCUT2D eigenvalue weighted by Gasteiger charge is 2.10. The van der Waals surface area contributed by atoms with Crippen LogP contribution in [0.4, 0.5) is 5.69 Å². The van der Waals surface area contributed by atoms with E-state index in [1.54, 1.807) is 12.1 Å². The molecule has 0 saturated carbocycles. The molecule has 2 aromatic rings. The molecule has 0 saturated heterocycles. The highest BCUT2D eigenvalue weighted by Crippen LogP contribution is 2.17. The SMILES string of the molecule is Cc1ccc(C(=O)CCC(=O)NNC(=S)Nc2cccc(C)c2C)cc1. The molecule has 0 aromatic heterocycles. The summed E-state index contributed by atoms with van der Waals surface area (Å²) in [5.74, 6) is -0.355. The third-order valence-corrected chi connectivity index (χ3v) is 4.33. The number of hydrazine groups is 1. The number of carbonyl (C=O) groups is 2. The van der Waals surface area contributed by atoms with Crippen LogP contribution < -0.4 is 16.2 Å². The number of ketones is 1. The number of benzene rings is 2. The van der Waals surface area contributed by atoms with Gasteiger partial charge in [0.15, 0.2) is 10.9 Å². The normalized spacial score (nSPS) is 10.1. The lowest BCUT2D eigenvalue weighted by atomic mass is 10.1. The van der Waals surface area contributed by atoms with Crippen molar-refractivity contribution in [2.24, 2.45) is 0 Å². The number of Topliss-reactive ketones (excluding diaryl/α,β-unsaturated/α-hetero) is 1. The summed E-state index contributed by atoms with van der Waals surface area (Å²) < 4.78 is 0. The first kappa shape index (κ1) is 19.6. The third-order valence-electron chi connectivity index (χ3n) is 4.12. The van der Waals surface area contributed by atoms with Crippen LogP contribution in [-0.2, 0) is 4.79 Å². The van der Waals surface area contributed by atoms with E-state index in [0.717, 1.165) is 22.4 Å². The molecule has 0 aliphatic rings. The predicted octanol–water partition coefficient (Wildman–Crippen LogP) is 3.59. The van der Waals surface area contributed by atoms with Crippen LogP contribution in [-0.4, -0.2) is 16.8 Å². The van der Waals surface area contributed by atoms with Crippen molar-refractivity contribution in [1.29, 1.82) is 0 Å². The molecule has 0 spiro atoms. The molecule has 2 rings (SSSR count). The molecular weight excluding hydrogens is 346 g/mol. The molecule has 0 atom stereocenters. The van der Waals surface area contributed by atoms with Crippen molar-refractivity contribution in [3.8, 4) is 0 Å². The van der Waals surface area contributed by atoms with Gasteiger partial charge in [0.05, 0.1) is 0 Å². The fraction of sp³-hybridized carbons (Fsp3) is 0.250. The van der Waals surface area contributed by atoms with Crippen molar-refractivity contribution in [2.45, 2.75) is 33.6 Å². The number of thiocarbonyl (C=S) groups is 1. The van der Waals surface area contributed by atoms with Gasteiger partial charge in [-0.25, -0.2) is 0 Å². The van der Waals surface area contributed by atoms with Crippen LogP contribution in [0.1, 0.15) is 39.9 Å². The van der Waals surface area contributed by atoms with Crippen molar-refractivity contribution in [1.82, 2.24) is 10.9 Å². The molecular formula is C20H23N3O2S. The standard InChI is InChI=1S/C20H23N3O2S/c1-13-7-9-16(10-8-13)18(24)11-12-19(25)22-23-20(26)21-17-6-4-5-14(2)15(17)3/h4-10H,11-12H2,1-3H3,(H,22,25)(H2,21,23,26). The average Bonchev–Trinajstić information content (AvgIpc) is 2.62. The lowest BCUT2D eigenvalue weighted by molar-refractivity contribution is -0.121. The van der Waals surface area contributed by atoms with Crippen LogP contribution in [0.3, 0.4) is 0 Å². The minimum Gasteiger partial charge on any atom is -0.331 e. The first-order valence-electron chi connectivity index (χ1n) is 8.38. The number of carbonyl (C=O) groups excluding carboxylic acids is 2. The Bertz CT molecular complexity index is 816. The molecule has 26 heavy (non-hydrogen) atoms. The Morgan fingerprint density at radius 1 is 0.923 bits per heavy atom. The van der Waals surface area contributed by atoms with Gasteiger partial charge in [-0.05, 0) is 50.2 Å². The van der Waals surface area contributed by atoms with Crippen molar-refractivity contribution in [3.05, 3.63) is 64.7 Å². The largest absolute Gasteiger partial charge is 0.331 e. The first-order chi connectivity index (χ1) is 12.4. The number of aryl methyl sites for hydroxylation is 2. The molecule has 1 amide bonds. The predicted molar refractivity (Wildman–Crippen MR) is 108 cm³/mol.